The molecule has 1 N–H and O–H groups in total. The van der Waals surface area contributed by atoms with Gasteiger partial charge in [0.15, 0.2) is 0 Å². The van der Waals surface area contributed by atoms with Crippen LogP contribution in [0.25, 0.3) is 10.9 Å². The van der Waals surface area contributed by atoms with Crippen LogP contribution in [0.3, 0.4) is 0 Å². The largest absolute Gasteiger partial charge is 0.416 e. The highest BCUT2D eigenvalue weighted by Crippen LogP contribution is 2.30. The van der Waals surface area contributed by atoms with E-state index in [4.69, 9.17) is 11.6 Å². The summed E-state index contributed by atoms with van der Waals surface area (Å²) in [5.41, 5.74) is -1.25. The van der Waals surface area contributed by atoms with Gasteiger partial charge in [0.05, 0.1) is 22.5 Å². The van der Waals surface area contributed by atoms with Crippen LogP contribution in [-0.4, -0.2) is 22.6 Å². The van der Waals surface area contributed by atoms with E-state index in [1.165, 1.54) is 4.57 Å². The van der Waals surface area contributed by atoms with Crippen LogP contribution in [0.2, 0.25) is 5.28 Å². The zero-order chi connectivity index (χ0) is 14.5. The minimum absolute atomic E-state index is 0.00578. The van der Waals surface area contributed by atoms with Gasteiger partial charge < -0.3 is 5.32 Å². The van der Waals surface area contributed by atoms with E-state index in [1.807, 2.05) is 0 Å². The first-order valence-corrected chi connectivity index (χ1v) is 6.25. The molecule has 2 aromatic rings. The fourth-order valence-corrected chi connectivity index (χ4v) is 2.43. The fraction of sp³-hybridized carbons (Fsp3) is 0.333. The standard InChI is InChI=1S/C12H9ClF3N3O/c13-11-18-9-2-1-6(12(14,15)16)3-8(9)10(20)19(11)7-4-17-5-7/h1-3,7,17H,4-5H2. The number of hydrogen-bond donors (Lipinski definition) is 1. The Morgan fingerprint density at radius 1 is 1.35 bits per heavy atom. The highest BCUT2D eigenvalue weighted by atomic mass is 35.5. The van der Waals surface area contributed by atoms with Gasteiger partial charge in [-0.3, -0.25) is 9.36 Å². The van der Waals surface area contributed by atoms with Crippen LogP contribution >= 0.6 is 11.6 Å². The molecule has 0 unspecified atom stereocenters. The Labute approximate surface area is 116 Å². The van der Waals surface area contributed by atoms with Crippen LogP contribution in [0, 0.1) is 0 Å². The molecule has 0 atom stereocenters. The fourth-order valence-electron chi connectivity index (χ4n) is 2.12. The Morgan fingerprint density at radius 2 is 2.05 bits per heavy atom. The van der Waals surface area contributed by atoms with Crippen LogP contribution in [-0.2, 0) is 6.18 Å². The number of rotatable bonds is 1. The molecule has 1 saturated heterocycles. The highest BCUT2D eigenvalue weighted by molar-refractivity contribution is 6.28. The topological polar surface area (TPSA) is 46.9 Å². The molecule has 0 spiro atoms. The van der Waals surface area contributed by atoms with Crippen LogP contribution in [0.4, 0.5) is 13.2 Å². The molecule has 3 rings (SSSR count). The molecule has 0 aliphatic carbocycles. The van der Waals surface area contributed by atoms with E-state index in [9.17, 15) is 18.0 Å². The molecule has 2 heterocycles. The molecule has 1 aromatic heterocycles. The monoisotopic (exact) mass is 303 g/mol. The maximum Gasteiger partial charge on any atom is 0.416 e. The highest BCUT2D eigenvalue weighted by Gasteiger charge is 2.31. The van der Waals surface area contributed by atoms with Crippen molar-refractivity contribution < 1.29 is 13.2 Å². The molecule has 0 radical (unpaired) electrons. The third-order valence-electron chi connectivity index (χ3n) is 3.31. The van der Waals surface area contributed by atoms with Crippen molar-refractivity contribution in [2.24, 2.45) is 0 Å². The lowest BCUT2D eigenvalue weighted by Gasteiger charge is -2.29. The second-order valence-electron chi connectivity index (χ2n) is 4.60. The molecule has 20 heavy (non-hydrogen) atoms. The second kappa shape index (κ2) is 4.46. The van der Waals surface area contributed by atoms with Crippen LogP contribution in [0.5, 0.6) is 0 Å². The average Bonchev–Trinajstić information content (AvgIpc) is 2.30. The van der Waals surface area contributed by atoms with Crippen molar-refractivity contribution in [1.82, 2.24) is 14.9 Å². The molecular weight excluding hydrogens is 295 g/mol. The number of aromatic nitrogens is 2. The van der Waals surface area contributed by atoms with E-state index in [1.54, 1.807) is 0 Å². The van der Waals surface area contributed by atoms with Crippen LogP contribution in [0.1, 0.15) is 11.6 Å². The molecular formula is C12H9ClF3N3O. The van der Waals surface area contributed by atoms with Gasteiger partial charge in [-0.25, -0.2) is 4.98 Å². The Bertz CT molecular complexity index is 737. The quantitative estimate of drug-likeness (QED) is 0.822. The molecule has 0 saturated carbocycles. The average molecular weight is 304 g/mol. The van der Waals surface area contributed by atoms with Crippen molar-refractivity contribution in [2.75, 3.05) is 13.1 Å². The predicted molar refractivity (Wildman–Crippen MR) is 67.9 cm³/mol. The van der Waals surface area contributed by atoms with Gasteiger partial charge in [-0.05, 0) is 29.8 Å². The smallest absolute Gasteiger partial charge is 0.313 e. The van der Waals surface area contributed by atoms with Crippen molar-refractivity contribution in [3.8, 4) is 0 Å². The van der Waals surface area contributed by atoms with Crippen molar-refractivity contribution in [2.45, 2.75) is 12.2 Å². The number of benzene rings is 1. The minimum atomic E-state index is -4.50. The lowest BCUT2D eigenvalue weighted by Crippen LogP contribution is -2.47. The number of fused-ring (bicyclic) bond motifs is 1. The lowest BCUT2D eigenvalue weighted by atomic mass is 10.1. The van der Waals surface area contributed by atoms with E-state index in [0.717, 1.165) is 18.2 Å². The van der Waals surface area contributed by atoms with Crippen molar-refractivity contribution in [3.05, 3.63) is 39.4 Å². The number of nitrogens with zero attached hydrogens (tertiary/aromatic N) is 2. The Balaban J connectivity index is 2.26. The Kier molecular flexibility index (Phi) is 2.98. The van der Waals surface area contributed by atoms with E-state index in [-0.39, 0.29) is 22.2 Å². The van der Waals surface area contributed by atoms with Gasteiger partial charge in [-0.2, -0.15) is 13.2 Å². The lowest BCUT2D eigenvalue weighted by molar-refractivity contribution is -0.137. The first-order chi connectivity index (χ1) is 9.38. The van der Waals surface area contributed by atoms with Gasteiger partial charge in [0, 0.05) is 13.1 Å². The summed E-state index contributed by atoms with van der Waals surface area (Å²) in [6.45, 7) is 1.09. The Morgan fingerprint density at radius 3 is 2.60 bits per heavy atom. The van der Waals surface area contributed by atoms with Crippen LogP contribution in [0.15, 0.2) is 23.0 Å². The summed E-state index contributed by atoms with van der Waals surface area (Å²) >= 11 is 5.95. The third kappa shape index (κ3) is 2.06. The molecule has 1 fully saturated rings. The number of halogens is 4. The summed E-state index contributed by atoms with van der Waals surface area (Å²) in [4.78, 5) is 16.3. The van der Waals surface area contributed by atoms with Gasteiger partial charge in [-0.1, -0.05) is 0 Å². The maximum absolute atomic E-state index is 12.7. The first kappa shape index (κ1) is 13.4. The summed E-state index contributed by atoms with van der Waals surface area (Å²) in [7, 11) is 0. The van der Waals surface area contributed by atoms with E-state index in [0.29, 0.717) is 13.1 Å². The van der Waals surface area contributed by atoms with E-state index < -0.39 is 17.3 Å². The molecule has 1 aliphatic rings. The minimum Gasteiger partial charge on any atom is -0.313 e. The summed E-state index contributed by atoms with van der Waals surface area (Å²) in [6, 6.07) is 2.71. The van der Waals surface area contributed by atoms with Gasteiger partial charge in [0.2, 0.25) is 5.28 Å². The van der Waals surface area contributed by atoms with E-state index >= 15 is 0 Å². The molecule has 106 valence electrons. The third-order valence-corrected chi connectivity index (χ3v) is 3.58. The number of alkyl halides is 3. The van der Waals surface area contributed by atoms with Gasteiger partial charge in [-0.15, -0.1) is 0 Å². The molecule has 8 heteroatoms. The summed E-state index contributed by atoms with van der Waals surface area (Å²) in [5.74, 6) is 0. The zero-order valence-electron chi connectivity index (χ0n) is 10.0. The molecule has 1 aliphatic heterocycles. The molecule has 0 amide bonds. The summed E-state index contributed by atoms with van der Waals surface area (Å²) < 4.78 is 39.3. The number of hydrogen-bond acceptors (Lipinski definition) is 3. The SMILES string of the molecule is O=c1c2cc(C(F)(F)F)ccc2nc(Cl)n1C1CNC1. The first-order valence-electron chi connectivity index (χ1n) is 5.87. The molecule has 0 bridgehead atoms. The number of nitrogens with one attached hydrogen (secondary N) is 1. The molecule has 1 aromatic carbocycles. The van der Waals surface area contributed by atoms with Gasteiger partial charge in [0.1, 0.15) is 0 Å². The van der Waals surface area contributed by atoms with Crippen molar-refractivity contribution in [1.29, 1.82) is 0 Å². The normalized spacial score (nSPS) is 16.4. The van der Waals surface area contributed by atoms with Crippen molar-refractivity contribution >= 4 is 22.5 Å². The Hall–Kier alpha value is -1.60. The van der Waals surface area contributed by atoms with Crippen molar-refractivity contribution in [3.63, 3.8) is 0 Å². The predicted octanol–water partition coefficient (Wildman–Crippen LogP) is 2.21. The van der Waals surface area contributed by atoms with E-state index in [2.05, 4.69) is 10.3 Å². The summed E-state index contributed by atoms with van der Waals surface area (Å²) in [6.07, 6.45) is -4.50. The second-order valence-corrected chi connectivity index (χ2v) is 4.94. The van der Waals surface area contributed by atoms with Gasteiger partial charge in [0.25, 0.3) is 5.56 Å². The summed E-state index contributed by atoms with van der Waals surface area (Å²) in [5, 5.41) is 2.89. The van der Waals surface area contributed by atoms with Gasteiger partial charge >= 0.3 is 6.18 Å². The van der Waals surface area contributed by atoms with Crippen LogP contribution < -0.4 is 10.9 Å². The maximum atomic E-state index is 12.7. The zero-order valence-corrected chi connectivity index (χ0v) is 10.8. The molecule has 4 nitrogen and oxygen atoms in total.